The Morgan fingerprint density at radius 3 is 1.62 bits per heavy atom. The summed E-state index contributed by atoms with van der Waals surface area (Å²) in [5.41, 5.74) is -1.57. The van der Waals surface area contributed by atoms with Crippen LogP contribution in [0.2, 0.25) is 0 Å². The third kappa shape index (κ3) is 2.27. The predicted octanol–water partition coefficient (Wildman–Crippen LogP) is 0.387. The lowest BCUT2D eigenvalue weighted by molar-refractivity contribution is -0.163. The van der Waals surface area contributed by atoms with Gasteiger partial charge in [-0.25, -0.2) is 0 Å². The molecule has 0 radical (unpaired) electrons. The van der Waals surface area contributed by atoms with Crippen molar-refractivity contribution in [2.24, 2.45) is 11.3 Å². The zero-order chi connectivity index (χ0) is 10.8. The third-order valence-corrected chi connectivity index (χ3v) is 1.93. The fraction of sp³-hybridized carbons (Fsp3) is 0.625. The van der Waals surface area contributed by atoms with Gasteiger partial charge in [-0.2, -0.15) is 0 Å². The number of hydrogen-bond donors (Lipinski definition) is 2. The summed E-state index contributed by atoms with van der Waals surface area (Å²) in [4.78, 5) is 32.2. The molecule has 74 valence electrons. The van der Waals surface area contributed by atoms with Crippen LogP contribution in [0.1, 0.15) is 20.8 Å². The van der Waals surface area contributed by atoms with E-state index in [2.05, 4.69) is 0 Å². The van der Waals surface area contributed by atoms with Crippen molar-refractivity contribution in [3.05, 3.63) is 0 Å². The maximum atomic E-state index is 10.9. The summed E-state index contributed by atoms with van der Waals surface area (Å²) in [6.07, 6.45) is 0. The van der Waals surface area contributed by atoms with E-state index < -0.39 is 29.1 Å². The van der Waals surface area contributed by atoms with Gasteiger partial charge in [-0.05, 0) is 20.8 Å². The Morgan fingerprint density at radius 1 is 1.15 bits per heavy atom. The van der Waals surface area contributed by atoms with Gasteiger partial charge in [0.15, 0.2) is 0 Å². The first-order valence-electron chi connectivity index (χ1n) is 3.68. The van der Waals surface area contributed by atoms with Crippen molar-refractivity contribution >= 4 is 17.7 Å². The van der Waals surface area contributed by atoms with Crippen LogP contribution >= 0.6 is 0 Å². The standard InChI is InChI=1S/C8H12O5/c1-4(9)5(6(10)11)8(2,3)7(12)13/h5H,1-3H3,(H,10,11)(H,12,13). The maximum Gasteiger partial charge on any atom is 0.315 e. The van der Waals surface area contributed by atoms with Crippen LogP contribution < -0.4 is 0 Å². The molecule has 1 unspecified atom stereocenters. The normalized spacial score (nSPS) is 13.5. The fourth-order valence-corrected chi connectivity index (χ4v) is 1.11. The van der Waals surface area contributed by atoms with Gasteiger partial charge in [0.05, 0.1) is 5.41 Å². The van der Waals surface area contributed by atoms with E-state index in [1.54, 1.807) is 0 Å². The lowest BCUT2D eigenvalue weighted by atomic mass is 9.77. The number of hydrogen-bond acceptors (Lipinski definition) is 3. The smallest absolute Gasteiger partial charge is 0.315 e. The van der Waals surface area contributed by atoms with E-state index in [9.17, 15) is 14.4 Å². The molecular formula is C8H12O5. The van der Waals surface area contributed by atoms with E-state index in [0.29, 0.717) is 0 Å². The first kappa shape index (κ1) is 11.6. The second-order valence-electron chi connectivity index (χ2n) is 3.41. The summed E-state index contributed by atoms with van der Waals surface area (Å²) in [5, 5.41) is 17.3. The van der Waals surface area contributed by atoms with Crippen molar-refractivity contribution in [3.8, 4) is 0 Å². The summed E-state index contributed by atoms with van der Waals surface area (Å²) in [6, 6.07) is 0. The number of carbonyl (C=O) groups excluding carboxylic acids is 1. The van der Waals surface area contributed by atoms with Gasteiger partial charge in [-0.3, -0.25) is 14.4 Å². The van der Waals surface area contributed by atoms with Crippen LogP contribution in [0, 0.1) is 11.3 Å². The lowest BCUT2D eigenvalue weighted by Gasteiger charge is -2.24. The van der Waals surface area contributed by atoms with Crippen LogP contribution in [-0.2, 0) is 14.4 Å². The average molecular weight is 188 g/mol. The summed E-state index contributed by atoms with van der Waals surface area (Å²) >= 11 is 0. The molecule has 0 spiro atoms. The van der Waals surface area contributed by atoms with Crippen molar-refractivity contribution in [3.63, 3.8) is 0 Å². The van der Waals surface area contributed by atoms with Crippen molar-refractivity contribution < 1.29 is 24.6 Å². The van der Waals surface area contributed by atoms with Crippen LogP contribution in [0.25, 0.3) is 0 Å². The van der Waals surface area contributed by atoms with E-state index in [1.807, 2.05) is 0 Å². The van der Waals surface area contributed by atoms with Crippen molar-refractivity contribution in [2.75, 3.05) is 0 Å². The summed E-state index contributed by atoms with van der Waals surface area (Å²) in [5.74, 6) is -4.85. The minimum atomic E-state index is -1.57. The van der Waals surface area contributed by atoms with Crippen LogP contribution in [0.15, 0.2) is 0 Å². The number of carboxylic acids is 2. The van der Waals surface area contributed by atoms with E-state index >= 15 is 0 Å². The second-order valence-corrected chi connectivity index (χ2v) is 3.41. The largest absolute Gasteiger partial charge is 0.481 e. The van der Waals surface area contributed by atoms with Crippen LogP contribution in [0.4, 0.5) is 0 Å². The predicted molar refractivity (Wildman–Crippen MR) is 43.2 cm³/mol. The Balaban J connectivity index is 5.06. The van der Waals surface area contributed by atoms with E-state index in [1.165, 1.54) is 13.8 Å². The number of ketones is 1. The van der Waals surface area contributed by atoms with Crippen LogP contribution in [0.3, 0.4) is 0 Å². The highest BCUT2D eigenvalue weighted by atomic mass is 16.4. The van der Waals surface area contributed by atoms with Gasteiger partial charge in [-0.15, -0.1) is 0 Å². The Bertz CT molecular complexity index is 239. The number of rotatable bonds is 4. The Morgan fingerprint density at radius 2 is 1.54 bits per heavy atom. The van der Waals surface area contributed by atoms with Crippen LogP contribution in [0.5, 0.6) is 0 Å². The minimum absolute atomic E-state index is 0.653. The highest BCUT2D eigenvalue weighted by molar-refractivity contribution is 6.01. The molecule has 13 heavy (non-hydrogen) atoms. The van der Waals surface area contributed by atoms with Gasteiger partial charge in [0, 0.05) is 0 Å². The lowest BCUT2D eigenvalue weighted by Crippen LogP contribution is -2.41. The van der Waals surface area contributed by atoms with E-state index in [-0.39, 0.29) is 0 Å². The number of aliphatic carboxylic acids is 2. The highest BCUT2D eigenvalue weighted by Crippen LogP contribution is 2.28. The topological polar surface area (TPSA) is 91.7 Å². The SMILES string of the molecule is CC(=O)C(C(=O)O)C(C)(C)C(=O)O. The van der Waals surface area contributed by atoms with E-state index in [0.717, 1.165) is 6.92 Å². The molecule has 0 bridgehead atoms. The molecule has 5 nitrogen and oxygen atoms in total. The molecule has 5 heteroatoms. The molecule has 0 aromatic rings. The monoisotopic (exact) mass is 188 g/mol. The van der Waals surface area contributed by atoms with Gasteiger partial charge >= 0.3 is 11.9 Å². The molecule has 0 aromatic heterocycles. The molecule has 0 aliphatic heterocycles. The maximum absolute atomic E-state index is 10.9. The van der Waals surface area contributed by atoms with Crippen LogP contribution in [-0.4, -0.2) is 27.9 Å². The zero-order valence-corrected chi connectivity index (χ0v) is 7.70. The summed E-state index contributed by atoms with van der Waals surface area (Å²) in [7, 11) is 0. The molecule has 0 saturated carbocycles. The number of carboxylic acid groups (broad SMARTS) is 2. The van der Waals surface area contributed by atoms with Crippen molar-refractivity contribution in [1.82, 2.24) is 0 Å². The third-order valence-electron chi connectivity index (χ3n) is 1.93. The van der Waals surface area contributed by atoms with Crippen molar-refractivity contribution in [1.29, 1.82) is 0 Å². The molecule has 0 rings (SSSR count). The first-order chi connectivity index (χ1) is 5.71. The molecule has 0 amide bonds. The fourth-order valence-electron chi connectivity index (χ4n) is 1.11. The van der Waals surface area contributed by atoms with Gasteiger partial charge in [0.1, 0.15) is 11.7 Å². The quantitative estimate of drug-likeness (QED) is 0.622. The molecule has 0 heterocycles. The molecule has 0 aliphatic rings. The van der Waals surface area contributed by atoms with E-state index in [4.69, 9.17) is 10.2 Å². The summed E-state index contributed by atoms with van der Waals surface area (Å²) < 4.78 is 0. The number of carbonyl (C=O) groups is 3. The molecule has 0 saturated heterocycles. The average Bonchev–Trinajstić information content (AvgIpc) is 1.82. The molecular weight excluding hydrogens is 176 g/mol. The molecule has 2 N–H and O–H groups in total. The zero-order valence-electron chi connectivity index (χ0n) is 7.70. The Labute approximate surface area is 75.4 Å². The van der Waals surface area contributed by atoms with Gasteiger partial charge < -0.3 is 10.2 Å². The Kier molecular flexibility index (Phi) is 3.17. The highest BCUT2D eigenvalue weighted by Gasteiger charge is 2.44. The van der Waals surface area contributed by atoms with Gasteiger partial charge in [0.2, 0.25) is 0 Å². The molecule has 1 atom stereocenters. The molecule has 0 aliphatic carbocycles. The minimum Gasteiger partial charge on any atom is -0.481 e. The number of Topliss-reactive ketones (excluding diaryl/α,β-unsaturated/α-hetero) is 1. The molecule has 0 aromatic carbocycles. The van der Waals surface area contributed by atoms with Crippen molar-refractivity contribution in [2.45, 2.75) is 20.8 Å². The second kappa shape index (κ2) is 3.55. The van der Waals surface area contributed by atoms with Gasteiger partial charge in [-0.1, -0.05) is 0 Å². The van der Waals surface area contributed by atoms with Gasteiger partial charge in [0.25, 0.3) is 0 Å². The Hall–Kier alpha value is -1.39. The molecule has 0 fully saturated rings. The first-order valence-corrected chi connectivity index (χ1v) is 3.68. The summed E-state index contributed by atoms with van der Waals surface area (Å²) in [6.45, 7) is 3.51.